The summed E-state index contributed by atoms with van der Waals surface area (Å²) >= 11 is 0. The monoisotopic (exact) mass is 619 g/mol. The molecule has 1 saturated heterocycles. The van der Waals surface area contributed by atoms with E-state index in [1.807, 2.05) is 13.1 Å². The number of aliphatic carboxylic acids is 2. The maximum absolute atomic E-state index is 13.2. The predicted octanol–water partition coefficient (Wildman–Crippen LogP) is -0.330. The molecule has 7 atom stereocenters. The number of carbonyl (C=O) groups excluding carboxylic acids is 3. The SMILES string of the molecule is COc1ccc2c3c1O[C@@H]1C(OC(=O)C[C@H](OC(=O)[C@H](C)O)C(=O)O[C@@H](CC(=O)O)C(=O)O)=CC[C@]4(O)[C@H](C2)N(C)CC[C@@]314. The normalized spacial score (nSPS) is 28.2. The molecule has 15 heteroatoms. The maximum Gasteiger partial charge on any atom is 0.348 e. The first-order valence-corrected chi connectivity index (χ1v) is 14.0. The second-order valence-corrected chi connectivity index (χ2v) is 11.4. The Labute approximate surface area is 250 Å². The highest BCUT2D eigenvalue weighted by Crippen LogP contribution is 2.65. The number of benzene rings is 1. The number of aliphatic hydroxyl groups excluding tert-OH is 1. The molecule has 5 rings (SSSR count). The van der Waals surface area contributed by atoms with Crippen LogP contribution in [0.3, 0.4) is 0 Å². The summed E-state index contributed by atoms with van der Waals surface area (Å²) in [6.45, 7) is 1.66. The van der Waals surface area contributed by atoms with Crippen LogP contribution in [0.25, 0.3) is 0 Å². The fourth-order valence-corrected chi connectivity index (χ4v) is 6.88. The molecule has 1 spiro atoms. The molecule has 2 aliphatic carbocycles. The van der Waals surface area contributed by atoms with E-state index in [4.69, 9.17) is 28.8 Å². The molecule has 1 fully saturated rings. The van der Waals surface area contributed by atoms with Crippen molar-refractivity contribution < 1.29 is 68.1 Å². The highest BCUT2D eigenvalue weighted by molar-refractivity contribution is 5.88. The molecule has 2 aliphatic heterocycles. The second-order valence-electron chi connectivity index (χ2n) is 11.4. The Bertz CT molecular complexity index is 1440. The third kappa shape index (κ3) is 4.94. The minimum atomic E-state index is -2.14. The minimum absolute atomic E-state index is 0.0531. The summed E-state index contributed by atoms with van der Waals surface area (Å²) in [5, 5.41) is 40.0. The van der Waals surface area contributed by atoms with Crippen molar-refractivity contribution in [2.75, 3.05) is 20.7 Å². The van der Waals surface area contributed by atoms with E-state index in [1.54, 1.807) is 12.1 Å². The van der Waals surface area contributed by atoms with Crippen LogP contribution in [0.15, 0.2) is 24.0 Å². The van der Waals surface area contributed by atoms with Gasteiger partial charge >= 0.3 is 29.8 Å². The molecule has 4 N–H and O–H groups in total. The van der Waals surface area contributed by atoms with Gasteiger partial charge < -0.3 is 49.0 Å². The number of rotatable bonds is 11. The molecule has 1 aromatic carbocycles. The van der Waals surface area contributed by atoms with Crippen LogP contribution >= 0.6 is 0 Å². The first-order valence-electron chi connectivity index (χ1n) is 14.0. The molecule has 0 aromatic heterocycles. The summed E-state index contributed by atoms with van der Waals surface area (Å²) in [5.74, 6) is -6.38. The van der Waals surface area contributed by atoms with E-state index in [1.165, 1.54) is 7.11 Å². The van der Waals surface area contributed by atoms with Crippen LogP contribution in [0.2, 0.25) is 0 Å². The summed E-state index contributed by atoms with van der Waals surface area (Å²) in [4.78, 5) is 62.7. The summed E-state index contributed by atoms with van der Waals surface area (Å²) in [6, 6.07) is 3.45. The van der Waals surface area contributed by atoms with Crippen LogP contribution in [0.5, 0.6) is 11.5 Å². The summed E-state index contributed by atoms with van der Waals surface area (Å²) in [6.07, 6.45) is -6.27. The third-order valence-electron chi connectivity index (χ3n) is 8.90. The van der Waals surface area contributed by atoms with Crippen molar-refractivity contribution in [1.29, 1.82) is 0 Å². The Kier molecular flexibility index (Phi) is 8.07. The van der Waals surface area contributed by atoms with Gasteiger partial charge in [-0.3, -0.25) is 9.59 Å². The van der Waals surface area contributed by atoms with E-state index < -0.39 is 78.1 Å². The van der Waals surface area contributed by atoms with Crippen LogP contribution in [-0.4, -0.2) is 112 Å². The number of methoxy groups -OCH3 is 1. The Morgan fingerprint density at radius 1 is 1.09 bits per heavy atom. The molecule has 44 heavy (non-hydrogen) atoms. The zero-order valence-corrected chi connectivity index (χ0v) is 24.2. The van der Waals surface area contributed by atoms with Gasteiger partial charge in [-0.1, -0.05) is 6.07 Å². The maximum atomic E-state index is 13.2. The van der Waals surface area contributed by atoms with E-state index in [0.717, 1.165) is 18.1 Å². The van der Waals surface area contributed by atoms with Crippen molar-refractivity contribution in [3.63, 3.8) is 0 Å². The van der Waals surface area contributed by atoms with Crippen molar-refractivity contribution >= 4 is 29.8 Å². The standard InChI is InChI=1S/C29H33NO14/c1-13(31)26(37)43-18(27(38)42-17(25(35)36)11-20(32)33)12-21(34)41-16-6-7-29(39)19-10-14-4-5-15(40-3)23-22(14)28(29,24(16)44-23)8-9-30(19)2/h4-6,13,17-19,24,31,39H,7-12H2,1-3H3,(H,32,33)(H,35,36)/t13-,17-,18-,19-,24+,28+,29-/m0/s1. The average Bonchev–Trinajstić information content (AvgIpc) is 3.31. The van der Waals surface area contributed by atoms with Gasteiger partial charge in [-0.2, -0.15) is 0 Å². The molecule has 238 valence electrons. The molecular formula is C29H33NO14. The summed E-state index contributed by atoms with van der Waals surface area (Å²) < 4.78 is 27.3. The van der Waals surface area contributed by atoms with Gasteiger partial charge in [-0.25, -0.2) is 14.4 Å². The van der Waals surface area contributed by atoms with E-state index in [2.05, 4.69) is 4.90 Å². The zero-order valence-electron chi connectivity index (χ0n) is 24.2. The van der Waals surface area contributed by atoms with E-state index >= 15 is 0 Å². The third-order valence-corrected chi connectivity index (χ3v) is 8.90. The van der Waals surface area contributed by atoms with Crippen molar-refractivity contribution in [1.82, 2.24) is 4.90 Å². The van der Waals surface area contributed by atoms with Gasteiger partial charge in [0.25, 0.3) is 0 Å². The van der Waals surface area contributed by atoms with Crippen molar-refractivity contribution in [2.45, 2.75) is 80.5 Å². The fourth-order valence-electron chi connectivity index (χ4n) is 6.88. The first-order chi connectivity index (χ1) is 20.7. The van der Waals surface area contributed by atoms with Gasteiger partial charge in [0.15, 0.2) is 17.6 Å². The molecule has 0 amide bonds. The number of nitrogens with zero attached hydrogens (tertiary/aromatic N) is 1. The van der Waals surface area contributed by atoms with Gasteiger partial charge in [0, 0.05) is 18.0 Å². The van der Waals surface area contributed by atoms with Gasteiger partial charge in [-0.05, 0) is 51.1 Å². The largest absolute Gasteiger partial charge is 0.493 e. The molecule has 4 aliphatic rings. The number of aliphatic hydroxyl groups is 2. The Hall–Kier alpha value is -4.21. The number of carbonyl (C=O) groups is 5. The fraction of sp³-hybridized carbons (Fsp3) is 0.552. The highest BCUT2D eigenvalue weighted by Gasteiger charge is 2.72. The minimum Gasteiger partial charge on any atom is -0.493 e. The smallest absolute Gasteiger partial charge is 0.348 e. The van der Waals surface area contributed by atoms with Crippen LogP contribution in [-0.2, 0) is 50.0 Å². The van der Waals surface area contributed by atoms with Crippen LogP contribution in [0.1, 0.15) is 43.7 Å². The molecule has 0 saturated carbocycles. The number of piperidine rings is 1. The van der Waals surface area contributed by atoms with Crippen LogP contribution in [0.4, 0.5) is 0 Å². The zero-order chi connectivity index (χ0) is 32.1. The molecule has 1 aromatic rings. The summed E-state index contributed by atoms with van der Waals surface area (Å²) in [7, 11) is 3.43. The summed E-state index contributed by atoms with van der Waals surface area (Å²) in [5.41, 5.74) is -0.505. The Balaban J connectivity index is 1.42. The average molecular weight is 620 g/mol. The van der Waals surface area contributed by atoms with Crippen molar-refractivity contribution in [3.05, 3.63) is 35.1 Å². The van der Waals surface area contributed by atoms with Gasteiger partial charge in [0.2, 0.25) is 12.2 Å². The highest BCUT2D eigenvalue weighted by atomic mass is 16.6. The molecule has 15 nitrogen and oxygen atoms in total. The lowest BCUT2D eigenvalue weighted by atomic mass is 9.50. The van der Waals surface area contributed by atoms with Crippen LogP contribution in [0, 0.1) is 0 Å². The number of hydrogen-bond acceptors (Lipinski definition) is 13. The molecule has 2 heterocycles. The number of likely N-dealkylation sites (tertiary alicyclic amines) is 1. The lowest BCUT2D eigenvalue weighted by Gasteiger charge is -2.61. The number of carboxylic acid groups (broad SMARTS) is 2. The lowest BCUT2D eigenvalue weighted by Crippen LogP contribution is -2.74. The van der Waals surface area contributed by atoms with E-state index in [0.29, 0.717) is 30.9 Å². The first kappa shape index (κ1) is 31.2. The quantitative estimate of drug-likeness (QED) is 0.184. The Morgan fingerprint density at radius 3 is 2.43 bits per heavy atom. The lowest BCUT2D eigenvalue weighted by molar-refractivity contribution is -0.184. The van der Waals surface area contributed by atoms with E-state index in [-0.39, 0.29) is 18.2 Å². The topological polar surface area (TPSA) is 216 Å². The van der Waals surface area contributed by atoms with Crippen molar-refractivity contribution in [3.8, 4) is 11.5 Å². The number of carboxylic acids is 2. The van der Waals surface area contributed by atoms with Gasteiger partial charge in [-0.15, -0.1) is 0 Å². The predicted molar refractivity (Wildman–Crippen MR) is 144 cm³/mol. The molecule has 2 bridgehead atoms. The number of hydrogen-bond donors (Lipinski definition) is 4. The molecule has 0 unspecified atom stereocenters. The van der Waals surface area contributed by atoms with Crippen molar-refractivity contribution in [2.24, 2.45) is 0 Å². The number of ether oxygens (including phenoxy) is 5. The number of esters is 3. The van der Waals surface area contributed by atoms with Gasteiger partial charge in [0.1, 0.15) is 11.9 Å². The van der Waals surface area contributed by atoms with Crippen LogP contribution < -0.4 is 9.47 Å². The molecule has 0 radical (unpaired) electrons. The van der Waals surface area contributed by atoms with Gasteiger partial charge in [0.05, 0.1) is 31.0 Å². The Morgan fingerprint density at radius 2 is 1.80 bits per heavy atom. The number of likely N-dealkylation sites (N-methyl/N-ethyl adjacent to an activating group) is 1. The van der Waals surface area contributed by atoms with E-state index in [9.17, 15) is 39.3 Å². The second kappa shape index (κ2) is 11.4. The molecular weight excluding hydrogens is 586 g/mol.